The van der Waals surface area contributed by atoms with E-state index in [4.69, 9.17) is 5.84 Å². The number of nitrogens with two attached hydrogens (primary N) is 1. The summed E-state index contributed by atoms with van der Waals surface area (Å²) in [6.45, 7) is 0. The maximum absolute atomic E-state index is 14.2. The number of benzene rings is 1. The van der Waals surface area contributed by atoms with Gasteiger partial charge in [-0.15, -0.1) is 0 Å². The molecule has 5 rings (SSSR count). The molecule has 114 valence electrons. The molecular weight excluding hydrogens is 270 g/mol. The van der Waals surface area contributed by atoms with Gasteiger partial charge in [-0.05, 0) is 67.8 Å². The maximum atomic E-state index is 14.2. The first-order valence-corrected chi connectivity index (χ1v) is 8.06. The van der Waals surface area contributed by atoms with Crippen molar-refractivity contribution >= 4 is 0 Å². The van der Waals surface area contributed by atoms with Gasteiger partial charge in [0.05, 0.1) is 6.04 Å². The van der Waals surface area contributed by atoms with Gasteiger partial charge in [-0.3, -0.25) is 11.3 Å². The molecule has 0 aliphatic heterocycles. The normalized spacial score (nSPS) is 38.7. The Hall–Kier alpha value is -1.00. The molecule has 3 N–H and O–H groups in total. The van der Waals surface area contributed by atoms with Crippen LogP contribution in [0.25, 0.3) is 0 Å². The van der Waals surface area contributed by atoms with Gasteiger partial charge in [-0.1, -0.05) is 6.07 Å². The third-order valence-corrected chi connectivity index (χ3v) is 6.16. The van der Waals surface area contributed by atoms with E-state index in [-0.39, 0.29) is 6.04 Å². The molecule has 21 heavy (non-hydrogen) atoms. The SMILES string of the molecule is NNC(c1ccc(F)cc1F)C1C2CC3CC(C2)CC1C3. The molecule has 4 aliphatic carbocycles. The zero-order valence-electron chi connectivity index (χ0n) is 12.1. The molecule has 1 aromatic carbocycles. The average Bonchev–Trinajstić information content (AvgIpc) is 2.43. The standard InChI is InChI=1S/C17H22F2N2/c18-13-1-2-14(15(19)8-13)17(21-20)16-11-4-9-3-10(6-11)7-12(16)5-9/h1-2,8-12,16-17,21H,3-7,20H2. The highest BCUT2D eigenvalue weighted by molar-refractivity contribution is 5.24. The van der Waals surface area contributed by atoms with Crippen molar-refractivity contribution in [2.45, 2.75) is 38.1 Å². The Morgan fingerprint density at radius 2 is 1.62 bits per heavy atom. The first-order valence-electron chi connectivity index (χ1n) is 8.06. The fourth-order valence-electron chi connectivity index (χ4n) is 5.67. The van der Waals surface area contributed by atoms with Gasteiger partial charge in [0.25, 0.3) is 0 Å². The number of hydrazine groups is 1. The molecule has 0 amide bonds. The van der Waals surface area contributed by atoms with E-state index in [2.05, 4.69) is 5.43 Å². The Balaban J connectivity index is 1.67. The predicted octanol–water partition coefficient (Wildman–Crippen LogP) is 3.54. The van der Waals surface area contributed by atoms with Crippen LogP contribution in [0.5, 0.6) is 0 Å². The molecule has 0 heterocycles. The van der Waals surface area contributed by atoms with Crippen LogP contribution < -0.4 is 11.3 Å². The molecule has 2 nitrogen and oxygen atoms in total. The molecule has 0 radical (unpaired) electrons. The van der Waals surface area contributed by atoms with Crippen molar-refractivity contribution in [1.82, 2.24) is 5.43 Å². The van der Waals surface area contributed by atoms with E-state index in [1.165, 1.54) is 38.2 Å². The highest BCUT2D eigenvalue weighted by Gasteiger charge is 2.50. The fraction of sp³-hybridized carbons (Fsp3) is 0.647. The average molecular weight is 292 g/mol. The Morgan fingerprint density at radius 3 is 2.14 bits per heavy atom. The van der Waals surface area contributed by atoms with Crippen molar-refractivity contribution in [3.63, 3.8) is 0 Å². The summed E-state index contributed by atoms with van der Waals surface area (Å²) in [6, 6.07) is 3.66. The minimum Gasteiger partial charge on any atom is -0.271 e. The van der Waals surface area contributed by atoms with Crippen molar-refractivity contribution in [2.75, 3.05) is 0 Å². The third kappa shape index (κ3) is 2.20. The Kier molecular flexibility index (Phi) is 3.27. The van der Waals surface area contributed by atoms with Crippen LogP contribution in [0.4, 0.5) is 8.78 Å². The van der Waals surface area contributed by atoms with E-state index >= 15 is 0 Å². The molecule has 0 aromatic heterocycles. The van der Waals surface area contributed by atoms with Gasteiger partial charge in [-0.25, -0.2) is 8.78 Å². The number of rotatable bonds is 3. The Bertz CT molecular complexity index is 518. The third-order valence-electron chi connectivity index (χ3n) is 6.16. The van der Waals surface area contributed by atoms with Crippen LogP contribution in [0.3, 0.4) is 0 Å². The van der Waals surface area contributed by atoms with Gasteiger partial charge in [0.1, 0.15) is 11.6 Å². The minimum absolute atomic E-state index is 0.194. The van der Waals surface area contributed by atoms with Crippen LogP contribution in [0, 0.1) is 41.2 Å². The molecule has 4 heteroatoms. The zero-order valence-corrected chi connectivity index (χ0v) is 12.1. The van der Waals surface area contributed by atoms with Crippen LogP contribution in [0.1, 0.15) is 43.7 Å². The van der Waals surface area contributed by atoms with Crippen LogP contribution in [-0.2, 0) is 0 Å². The number of nitrogens with one attached hydrogen (secondary N) is 1. The van der Waals surface area contributed by atoms with Crippen molar-refractivity contribution in [1.29, 1.82) is 0 Å². The highest BCUT2D eigenvalue weighted by Crippen LogP contribution is 2.59. The first kappa shape index (κ1) is 13.6. The predicted molar refractivity (Wildman–Crippen MR) is 77.0 cm³/mol. The summed E-state index contributed by atoms with van der Waals surface area (Å²) >= 11 is 0. The Labute approximate surface area is 124 Å². The van der Waals surface area contributed by atoms with E-state index in [0.29, 0.717) is 23.3 Å². The number of hydrogen-bond donors (Lipinski definition) is 2. The summed E-state index contributed by atoms with van der Waals surface area (Å²) in [4.78, 5) is 0. The summed E-state index contributed by atoms with van der Waals surface area (Å²) in [6.07, 6.45) is 6.44. The van der Waals surface area contributed by atoms with Crippen LogP contribution in [0.15, 0.2) is 18.2 Å². The van der Waals surface area contributed by atoms with Crippen LogP contribution in [0.2, 0.25) is 0 Å². The second kappa shape index (κ2) is 5.03. The van der Waals surface area contributed by atoms with Crippen molar-refractivity contribution in [2.24, 2.45) is 35.4 Å². The van der Waals surface area contributed by atoms with Gasteiger partial charge in [-0.2, -0.15) is 0 Å². The molecule has 4 saturated carbocycles. The van der Waals surface area contributed by atoms with Gasteiger partial charge in [0.15, 0.2) is 0 Å². The second-order valence-corrected chi connectivity index (χ2v) is 7.32. The molecular formula is C17H22F2N2. The molecule has 1 aromatic rings. The molecule has 1 unspecified atom stereocenters. The van der Waals surface area contributed by atoms with Crippen molar-refractivity contribution in [3.8, 4) is 0 Å². The lowest BCUT2D eigenvalue weighted by atomic mass is 9.50. The van der Waals surface area contributed by atoms with E-state index in [1.54, 1.807) is 6.07 Å². The summed E-state index contributed by atoms with van der Waals surface area (Å²) in [5.74, 6) is 8.20. The lowest BCUT2D eigenvalue weighted by molar-refractivity contribution is -0.0530. The van der Waals surface area contributed by atoms with Gasteiger partial charge in [0.2, 0.25) is 0 Å². The van der Waals surface area contributed by atoms with Gasteiger partial charge >= 0.3 is 0 Å². The number of hydrogen-bond acceptors (Lipinski definition) is 2. The highest BCUT2D eigenvalue weighted by atomic mass is 19.1. The van der Waals surface area contributed by atoms with E-state index in [1.807, 2.05) is 0 Å². The number of halogens is 2. The van der Waals surface area contributed by atoms with E-state index < -0.39 is 11.6 Å². The summed E-state index contributed by atoms with van der Waals surface area (Å²) < 4.78 is 27.3. The molecule has 4 bridgehead atoms. The molecule has 1 atom stereocenters. The van der Waals surface area contributed by atoms with Gasteiger partial charge < -0.3 is 0 Å². The van der Waals surface area contributed by atoms with Gasteiger partial charge in [0, 0.05) is 11.6 Å². The summed E-state index contributed by atoms with van der Waals surface area (Å²) in [7, 11) is 0. The largest absolute Gasteiger partial charge is 0.271 e. The quantitative estimate of drug-likeness (QED) is 0.660. The first-order chi connectivity index (χ1) is 10.2. The zero-order chi connectivity index (χ0) is 14.6. The topological polar surface area (TPSA) is 38.0 Å². The minimum atomic E-state index is -0.530. The maximum Gasteiger partial charge on any atom is 0.130 e. The van der Waals surface area contributed by atoms with E-state index in [9.17, 15) is 8.78 Å². The Morgan fingerprint density at radius 1 is 1.00 bits per heavy atom. The monoisotopic (exact) mass is 292 g/mol. The molecule has 0 saturated heterocycles. The van der Waals surface area contributed by atoms with Crippen molar-refractivity contribution < 1.29 is 8.78 Å². The molecule has 4 aliphatic rings. The van der Waals surface area contributed by atoms with Crippen LogP contribution >= 0.6 is 0 Å². The van der Waals surface area contributed by atoms with Crippen molar-refractivity contribution in [3.05, 3.63) is 35.4 Å². The summed E-state index contributed by atoms with van der Waals surface area (Å²) in [5, 5.41) is 0. The lowest BCUT2D eigenvalue weighted by Crippen LogP contribution is -2.50. The fourth-order valence-corrected chi connectivity index (χ4v) is 5.67. The second-order valence-electron chi connectivity index (χ2n) is 7.32. The molecule has 0 spiro atoms. The molecule has 4 fully saturated rings. The summed E-state index contributed by atoms with van der Waals surface area (Å²) in [5.41, 5.74) is 3.37. The van der Waals surface area contributed by atoms with E-state index in [0.717, 1.165) is 17.9 Å². The van der Waals surface area contributed by atoms with Crippen LogP contribution in [-0.4, -0.2) is 0 Å². The smallest absolute Gasteiger partial charge is 0.130 e. The lowest BCUT2D eigenvalue weighted by Gasteiger charge is -2.56.